The minimum atomic E-state index is -0.565. The van der Waals surface area contributed by atoms with Crippen molar-refractivity contribution in [1.82, 2.24) is 10.3 Å². The molecule has 0 fully saturated rings. The predicted octanol–water partition coefficient (Wildman–Crippen LogP) is 6.21. The Labute approximate surface area is 195 Å². The van der Waals surface area contributed by atoms with Crippen LogP contribution in [-0.4, -0.2) is 31.3 Å². The molecule has 1 aromatic heterocycles. The van der Waals surface area contributed by atoms with E-state index in [9.17, 15) is 4.39 Å². The quantitative estimate of drug-likeness (QED) is 0.175. The number of anilines is 2. The molecule has 32 heavy (non-hydrogen) atoms. The summed E-state index contributed by atoms with van der Waals surface area (Å²) in [7, 11) is 1.72. The third kappa shape index (κ3) is 6.99. The molecule has 0 atom stereocenters. The van der Waals surface area contributed by atoms with Gasteiger partial charge in [-0.25, -0.2) is 4.39 Å². The Bertz CT molecular complexity index is 1040. The fraction of sp³-hybridized carbons (Fsp3) is 0.280. The number of nitrogens with one attached hydrogen (secondary N) is 3. The first-order valence-electron chi connectivity index (χ1n) is 10.7. The van der Waals surface area contributed by atoms with E-state index in [0.29, 0.717) is 11.1 Å². The first-order valence-corrected chi connectivity index (χ1v) is 11.1. The van der Waals surface area contributed by atoms with E-state index in [4.69, 9.17) is 5.41 Å². The number of thiol groups is 1. The van der Waals surface area contributed by atoms with Gasteiger partial charge in [-0.05, 0) is 43.2 Å². The summed E-state index contributed by atoms with van der Waals surface area (Å²) in [6.45, 7) is 9.84. The van der Waals surface area contributed by atoms with Crippen LogP contribution in [0.15, 0.2) is 77.4 Å². The number of hydrogen-bond donors (Lipinski definition) is 4. The number of halogens is 1. The van der Waals surface area contributed by atoms with Crippen LogP contribution in [0.4, 0.5) is 15.8 Å². The maximum absolute atomic E-state index is 14.2. The highest BCUT2D eigenvalue weighted by Gasteiger charge is 2.08. The Morgan fingerprint density at radius 3 is 2.50 bits per heavy atom. The molecule has 0 radical (unpaired) electrons. The normalized spacial score (nSPS) is 12.6. The van der Waals surface area contributed by atoms with Gasteiger partial charge in [-0.2, -0.15) is 0 Å². The van der Waals surface area contributed by atoms with E-state index in [1.165, 1.54) is 6.08 Å². The van der Waals surface area contributed by atoms with Crippen LogP contribution in [0.2, 0.25) is 0 Å². The molecule has 1 aromatic carbocycles. The molecule has 0 aliphatic rings. The number of hydrogen-bond acceptors (Lipinski definition) is 6. The van der Waals surface area contributed by atoms with E-state index in [2.05, 4.69) is 59.6 Å². The fourth-order valence-electron chi connectivity index (χ4n) is 3.25. The van der Waals surface area contributed by atoms with Crippen LogP contribution < -0.4 is 15.5 Å². The Morgan fingerprint density at radius 2 is 1.91 bits per heavy atom. The Balaban J connectivity index is 2.41. The summed E-state index contributed by atoms with van der Waals surface area (Å²) in [6.07, 6.45) is 9.81. The smallest absolute Gasteiger partial charge is 0.136 e. The van der Waals surface area contributed by atoms with Gasteiger partial charge in [-0.15, -0.1) is 12.6 Å². The average Bonchev–Trinajstić information content (AvgIpc) is 2.79. The lowest BCUT2D eigenvalue weighted by atomic mass is 10.1. The zero-order chi connectivity index (χ0) is 23.5. The second-order valence-corrected chi connectivity index (χ2v) is 7.84. The highest BCUT2D eigenvalue weighted by Crippen LogP contribution is 2.24. The molecule has 0 bridgehead atoms. The van der Waals surface area contributed by atoms with Crippen LogP contribution in [0.1, 0.15) is 26.7 Å². The fourth-order valence-corrected chi connectivity index (χ4v) is 3.31. The van der Waals surface area contributed by atoms with E-state index in [1.54, 1.807) is 19.4 Å². The molecule has 3 N–H and O–H groups in total. The number of aromatic nitrogens is 1. The number of rotatable bonds is 12. The van der Waals surface area contributed by atoms with Gasteiger partial charge in [-0.1, -0.05) is 20.4 Å². The number of benzene rings is 1. The van der Waals surface area contributed by atoms with Gasteiger partial charge in [0.15, 0.2) is 0 Å². The first kappa shape index (κ1) is 25.2. The minimum Gasteiger partial charge on any atom is -0.393 e. The Morgan fingerprint density at radius 1 is 1.19 bits per heavy atom. The van der Waals surface area contributed by atoms with Gasteiger partial charge in [0.2, 0.25) is 0 Å². The maximum Gasteiger partial charge on any atom is 0.136 e. The lowest BCUT2D eigenvalue weighted by Crippen LogP contribution is -2.24. The SMILES string of the molecule is C=C(S)\C(F)=C/C(=C\Nc1ccc2ncc(N(CCC)CCC)cc2c1)C(/C=N)=C/NC. The lowest BCUT2D eigenvalue weighted by molar-refractivity contribution is 0.663. The van der Waals surface area contributed by atoms with Crippen LogP contribution in [0.5, 0.6) is 0 Å². The zero-order valence-electron chi connectivity index (χ0n) is 19.0. The highest BCUT2D eigenvalue weighted by atomic mass is 32.1. The van der Waals surface area contributed by atoms with Crippen molar-refractivity contribution in [3.8, 4) is 0 Å². The van der Waals surface area contributed by atoms with Crippen LogP contribution in [0.25, 0.3) is 10.9 Å². The summed E-state index contributed by atoms with van der Waals surface area (Å²) in [5, 5.41) is 14.8. The molecule has 1 heterocycles. The molecule has 0 aliphatic carbocycles. The van der Waals surface area contributed by atoms with Crippen molar-refractivity contribution in [2.45, 2.75) is 26.7 Å². The van der Waals surface area contributed by atoms with Gasteiger partial charge in [-0.3, -0.25) is 4.98 Å². The number of allylic oxidation sites excluding steroid dienone is 4. The van der Waals surface area contributed by atoms with Crippen LogP contribution in [0, 0.1) is 5.41 Å². The minimum absolute atomic E-state index is 0.0257. The summed E-state index contributed by atoms with van der Waals surface area (Å²) in [5.74, 6) is -0.565. The van der Waals surface area contributed by atoms with Crippen molar-refractivity contribution < 1.29 is 4.39 Å². The van der Waals surface area contributed by atoms with E-state index in [0.717, 1.165) is 54.4 Å². The summed E-state index contributed by atoms with van der Waals surface area (Å²) in [5.41, 5.74) is 3.83. The third-order valence-corrected chi connectivity index (χ3v) is 4.97. The van der Waals surface area contributed by atoms with Gasteiger partial charge in [0.25, 0.3) is 0 Å². The second kappa shape index (κ2) is 12.7. The highest BCUT2D eigenvalue weighted by molar-refractivity contribution is 7.84. The Kier molecular flexibility index (Phi) is 10.0. The summed E-state index contributed by atoms with van der Waals surface area (Å²) in [4.78, 5) is 6.99. The molecule has 0 unspecified atom stereocenters. The molecule has 0 saturated heterocycles. The zero-order valence-corrected chi connectivity index (χ0v) is 19.8. The third-order valence-electron chi connectivity index (χ3n) is 4.76. The van der Waals surface area contributed by atoms with E-state index in [-0.39, 0.29) is 4.91 Å². The number of fused-ring (bicyclic) bond motifs is 1. The monoisotopic (exact) mass is 453 g/mol. The molecular weight excluding hydrogens is 421 g/mol. The predicted molar refractivity (Wildman–Crippen MR) is 139 cm³/mol. The van der Waals surface area contributed by atoms with E-state index in [1.807, 2.05) is 24.4 Å². The molecule has 0 saturated carbocycles. The van der Waals surface area contributed by atoms with Crippen molar-refractivity contribution in [1.29, 1.82) is 5.41 Å². The molecule has 0 amide bonds. The van der Waals surface area contributed by atoms with Crippen LogP contribution in [-0.2, 0) is 0 Å². The van der Waals surface area contributed by atoms with Crippen LogP contribution in [0.3, 0.4) is 0 Å². The van der Waals surface area contributed by atoms with Crippen molar-refractivity contribution in [2.75, 3.05) is 30.4 Å². The number of nitrogens with zero attached hydrogens (tertiary/aromatic N) is 2. The lowest BCUT2D eigenvalue weighted by Gasteiger charge is -2.23. The second-order valence-electron chi connectivity index (χ2n) is 7.30. The van der Waals surface area contributed by atoms with E-state index < -0.39 is 5.83 Å². The standard InChI is InChI=1S/C25H32FN5S/c1-5-9-31(10-6-2)23-12-19-11-22(7-8-25(19)30-17-23)29-16-20(13-24(26)18(3)32)21(14-27)15-28-4/h7-8,11-17,27-29,32H,3,5-6,9-10H2,1-2,4H3/b20-16+,21-15+,24-13+,27-14?. The van der Waals surface area contributed by atoms with Crippen LogP contribution >= 0.6 is 12.6 Å². The van der Waals surface area contributed by atoms with Gasteiger partial charge in [0.05, 0.1) is 17.4 Å². The maximum atomic E-state index is 14.2. The van der Waals surface area contributed by atoms with Crippen molar-refractivity contribution >= 4 is 41.1 Å². The number of pyridine rings is 1. The summed E-state index contributed by atoms with van der Waals surface area (Å²) >= 11 is 3.96. The van der Waals surface area contributed by atoms with E-state index >= 15 is 0 Å². The molecule has 0 aliphatic heterocycles. The summed E-state index contributed by atoms with van der Waals surface area (Å²) in [6, 6.07) is 8.03. The molecule has 7 heteroatoms. The Hall–Kier alpha value is -3.06. The van der Waals surface area contributed by atoms with Gasteiger partial charge in [0, 0.05) is 65.9 Å². The summed E-state index contributed by atoms with van der Waals surface area (Å²) < 4.78 is 14.2. The molecule has 170 valence electrons. The largest absolute Gasteiger partial charge is 0.393 e. The molecular formula is C25H32FN5S. The van der Waals surface area contributed by atoms with Crippen molar-refractivity contribution in [2.24, 2.45) is 0 Å². The van der Waals surface area contributed by atoms with Crippen molar-refractivity contribution in [3.05, 3.63) is 77.4 Å². The first-order chi connectivity index (χ1) is 15.4. The molecule has 2 rings (SSSR count). The molecule has 2 aromatic rings. The van der Waals surface area contributed by atoms with Gasteiger partial charge >= 0.3 is 0 Å². The topological polar surface area (TPSA) is 64.0 Å². The molecule has 5 nitrogen and oxygen atoms in total. The average molecular weight is 454 g/mol. The molecule has 0 spiro atoms. The van der Waals surface area contributed by atoms with Gasteiger partial charge in [0.1, 0.15) is 5.83 Å². The van der Waals surface area contributed by atoms with Gasteiger partial charge < -0.3 is 20.9 Å². The van der Waals surface area contributed by atoms with Crippen molar-refractivity contribution in [3.63, 3.8) is 0 Å².